The Morgan fingerprint density at radius 3 is 2.62 bits per heavy atom. The first-order chi connectivity index (χ1) is 7.46. The second kappa shape index (κ2) is 3.95. The summed E-state index contributed by atoms with van der Waals surface area (Å²) in [5.41, 5.74) is -0.249. The molecule has 0 N–H and O–H groups in total. The molecule has 0 saturated carbocycles. The largest absolute Gasteiger partial charge is 0.471 e. The van der Waals surface area contributed by atoms with E-state index in [4.69, 9.17) is 16.3 Å². The molecule has 1 aromatic carbocycles. The number of benzene rings is 1. The lowest BCUT2D eigenvalue weighted by Gasteiger charge is -2.21. The molecule has 0 aliphatic carbocycles. The second-order valence-electron chi connectivity index (χ2n) is 4.70. The van der Waals surface area contributed by atoms with E-state index in [2.05, 4.69) is 4.98 Å². The van der Waals surface area contributed by atoms with Crippen molar-refractivity contribution in [2.75, 3.05) is 0 Å². The maximum Gasteiger partial charge on any atom is 0.221 e. The van der Waals surface area contributed by atoms with Gasteiger partial charge in [0.2, 0.25) is 5.88 Å². The Balaban J connectivity index is 2.54. The van der Waals surface area contributed by atoms with Crippen molar-refractivity contribution in [1.29, 1.82) is 0 Å². The Bertz CT molecular complexity index is 517. The van der Waals surface area contributed by atoms with E-state index in [9.17, 15) is 0 Å². The predicted molar refractivity (Wildman–Crippen MR) is 67.1 cm³/mol. The highest BCUT2D eigenvalue weighted by molar-refractivity contribution is 6.31. The molecule has 84 valence electrons. The number of nitrogens with zero attached hydrogens (tertiary/aromatic N) is 1. The first kappa shape index (κ1) is 11.2. The topological polar surface area (TPSA) is 22.1 Å². The van der Waals surface area contributed by atoms with Crippen LogP contribution < -0.4 is 4.74 Å². The van der Waals surface area contributed by atoms with E-state index in [0.717, 1.165) is 15.8 Å². The summed E-state index contributed by atoms with van der Waals surface area (Å²) in [6, 6.07) is 7.62. The highest BCUT2D eigenvalue weighted by Gasteiger charge is 2.14. The van der Waals surface area contributed by atoms with Crippen LogP contribution >= 0.6 is 11.6 Å². The standard InChI is InChI=1S/C13H14ClNO/c1-13(2,3)16-12-11-5-4-10(14)8-9(11)6-7-15-12/h4-8H,1-3H3. The van der Waals surface area contributed by atoms with Crippen molar-refractivity contribution >= 4 is 22.4 Å². The summed E-state index contributed by atoms with van der Waals surface area (Å²) in [6.45, 7) is 6.01. The molecule has 0 aliphatic heterocycles. The minimum Gasteiger partial charge on any atom is -0.471 e. The molecule has 1 aromatic heterocycles. The minimum absolute atomic E-state index is 0.249. The first-order valence-corrected chi connectivity index (χ1v) is 5.57. The molecule has 2 aromatic rings. The van der Waals surface area contributed by atoms with Crippen LogP contribution in [-0.4, -0.2) is 10.6 Å². The second-order valence-corrected chi connectivity index (χ2v) is 5.13. The van der Waals surface area contributed by atoms with Gasteiger partial charge in [-0.2, -0.15) is 0 Å². The van der Waals surface area contributed by atoms with Crippen LogP contribution in [0.4, 0.5) is 0 Å². The molecule has 2 rings (SSSR count). The van der Waals surface area contributed by atoms with E-state index < -0.39 is 0 Å². The van der Waals surface area contributed by atoms with Gasteiger partial charge in [-0.05, 0) is 50.4 Å². The van der Waals surface area contributed by atoms with Gasteiger partial charge in [-0.15, -0.1) is 0 Å². The lowest BCUT2D eigenvalue weighted by Crippen LogP contribution is -2.23. The summed E-state index contributed by atoms with van der Waals surface area (Å²) < 4.78 is 5.80. The molecule has 2 nitrogen and oxygen atoms in total. The molecule has 1 heterocycles. The summed E-state index contributed by atoms with van der Waals surface area (Å²) >= 11 is 5.94. The van der Waals surface area contributed by atoms with Crippen LogP contribution in [0.2, 0.25) is 5.02 Å². The van der Waals surface area contributed by atoms with Crippen molar-refractivity contribution in [1.82, 2.24) is 4.98 Å². The predicted octanol–water partition coefficient (Wildman–Crippen LogP) is 4.07. The Labute approximate surface area is 100 Å². The summed E-state index contributed by atoms with van der Waals surface area (Å²) in [5, 5.41) is 2.75. The zero-order chi connectivity index (χ0) is 11.8. The number of ether oxygens (including phenoxy) is 1. The van der Waals surface area contributed by atoms with E-state index in [1.165, 1.54) is 0 Å². The van der Waals surface area contributed by atoms with Gasteiger partial charge in [0.25, 0.3) is 0 Å². The molecule has 0 unspecified atom stereocenters. The molecule has 16 heavy (non-hydrogen) atoms. The van der Waals surface area contributed by atoms with Gasteiger partial charge in [0.15, 0.2) is 0 Å². The fourth-order valence-corrected chi connectivity index (χ4v) is 1.67. The van der Waals surface area contributed by atoms with Crippen LogP contribution in [0.5, 0.6) is 5.88 Å². The van der Waals surface area contributed by atoms with Crippen LogP contribution in [0.15, 0.2) is 30.5 Å². The number of aromatic nitrogens is 1. The number of hydrogen-bond acceptors (Lipinski definition) is 2. The van der Waals surface area contributed by atoms with Crippen LogP contribution in [0, 0.1) is 0 Å². The number of halogens is 1. The Morgan fingerprint density at radius 1 is 1.19 bits per heavy atom. The van der Waals surface area contributed by atoms with Crippen LogP contribution in [0.25, 0.3) is 10.8 Å². The molecule has 0 aliphatic rings. The van der Waals surface area contributed by atoms with Crippen LogP contribution in [0.3, 0.4) is 0 Å². The van der Waals surface area contributed by atoms with E-state index in [1.807, 2.05) is 45.0 Å². The van der Waals surface area contributed by atoms with Crippen molar-refractivity contribution in [2.24, 2.45) is 0 Å². The SMILES string of the molecule is CC(C)(C)Oc1nccc2cc(Cl)ccc12. The maximum absolute atomic E-state index is 5.94. The number of rotatable bonds is 1. The molecule has 0 spiro atoms. The van der Waals surface area contributed by atoms with E-state index in [0.29, 0.717) is 5.88 Å². The van der Waals surface area contributed by atoms with Crippen molar-refractivity contribution < 1.29 is 4.74 Å². The lowest BCUT2D eigenvalue weighted by molar-refractivity contribution is 0.126. The van der Waals surface area contributed by atoms with Crippen LogP contribution in [-0.2, 0) is 0 Å². The molecule has 0 bridgehead atoms. The van der Waals surface area contributed by atoms with Crippen molar-refractivity contribution in [3.8, 4) is 5.88 Å². The first-order valence-electron chi connectivity index (χ1n) is 5.19. The third-order valence-corrected chi connectivity index (χ3v) is 2.33. The molecule has 0 amide bonds. The molecule has 0 radical (unpaired) electrons. The zero-order valence-electron chi connectivity index (χ0n) is 9.62. The molecule has 3 heteroatoms. The van der Waals surface area contributed by atoms with Gasteiger partial charge in [-0.1, -0.05) is 11.6 Å². The Hall–Kier alpha value is -1.28. The lowest BCUT2D eigenvalue weighted by atomic mass is 10.1. The monoisotopic (exact) mass is 235 g/mol. The third-order valence-electron chi connectivity index (χ3n) is 2.09. The molecule has 0 atom stereocenters. The number of pyridine rings is 1. The number of fused-ring (bicyclic) bond motifs is 1. The average Bonchev–Trinajstić information content (AvgIpc) is 2.15. The molecule has 0 fully saturated rings. The molecular formula is C13H14ClNO. The Kier molecular flexibility index (Phi) is 2.76. The van der Waals surface area contributed by atoms with Gasteiger partial charge in [0, 0.05) is 16.6 Å². The maximum atomic E-state index is 5.94. The quantitative estimate of drug-likeness (QED) is 0.744. The van der Waals surface area contributed by atoms with Gasteiger partial charge in [-0.25, -0.2) is 4.98 Å². The van der Waals surface area contributed by atoms with Gasteiger partial charge in [0.1, 0.15) is 5.60 Å². The summed E-state index contributed by atoms with van der Waals surface area (Å²) in [6.07, 6.45) is 1.74. The smallest absolute Gasteiger partial charge is 0.221 e. The summed E-state index contributed by atoms with van der Waals surface area (Å²) in [5.74, 6) is 0.654. The van der Waals surface area contributed by atoms with E-state index >= 15 is 0 Å². The Morgan fingerprint density at radius 2 is 1.94 bits per heavy atom. The fraction of sp³-hybridized carbons (Fsp3) is 0.308. The van der Waals surface area contributed by atoms with E-state index in [1.54, 1.807) is 6.20 Å². The third kappa shape index (κ3) is 2.45. The van der Waals surface area contributed by atoms with Crippen molar-refractivity contribution in [3.63, 3.8) is 0 Å². The fourth-order valence-electron chi connectivity index (χ4n) is 1.49. The average molecular weight is 236 g/mol. The minimum atomic E-state index is -0.249. The van der Waals surface area contributed by atoms with Crippen LogP contribution in [0.1, 0.15) is 20.8 Å². The highest BCUT2D eigenvalue weighted by Crippen LogP contribution is 2.27. The summed E-state index contributed by atoms with van der Waals surface area (Å²) in [7, 11) is 0. The molecular weight excluding hydrogens is 222 g/mol. The van der Waals surface area contributed by atoms with Gasteiger partial charge in [-0.3, -0.25) is 0 Å². The van der Waals surface area contributed by atoms with Crippen molar-refractivity contribution in [3.05, 3.63) is 35.5 Å². The normalized spacial score (nSPS) is 11.8. The molecule has 0 saturated heterocycles. The zero-order valence-corrected chi connectivity index (χ0v) is 10.4. The van der Waals surface area contributed by atoms with E-state index in [-0.39, 0.29) is 5.60 Å². The highest BCUT2D eigenvalue weighted by atomic mass is 35.5. The van der Waals surface area contributed by atoms with Crippen molar-refractivity contribution in [2.45, 2.75) is 26.4 Å². The van der Waals surface area contributed by atoms with Gasteiger partial charge < -0.3 is 4.74 Å². The summed E-state index contributed by atoms with van der Waals surface area (Å²) in [4.78, 5) is 4.26. The van der Waals surface area contributed by atoms with Gasteiger partial charge in [0.05, 0.1) is 0 Å². The van der Waals surface area contributed by atoms with Gasteiger partial charge >= 0.3 is 0 Å². The number of hydrogen-bond donors (Lipinski definition) is 0.